The number of hydrogen-bond acceptors (Lipinski definition) is 3. The molecular formula is C21H20N2O. The van der Waals surface area contributed by atoms with E-state index in [1.165, 1.54) is 16.5 Å². The molecule has 0 aliphatic carbocycles. The second-order valence-corrected chi connectivity index (χ2v) is 6.68. The van der Waals surface area contributed by atoms with E-state index in [1.54, 1.807) is 0 Å². The van der Waals surface area contributed by atoms with Crippen LogP contribution in [0.4, 0.5) is 0 Å². The van der Waals surface area contributed by atoms with Gasteiger partial charge in [-0.2, -0.15) is 0 Å². The number of Topliss-reactive ketones (excluding diaryl/α,β-unsaturated/α-hetero) is 1. The number of aliphatic imine (C=N–C) groups is 1. The third-order valence-corrected chi connectivity index (χ3v) is 4.71. The van der Waals surface area contributed by atoms with Gasteiger partial charge in [-0.25, -0.2) is 0 Å². The van der Waals surface area contributed by atoms with E-state index in [4.69, 9.17) is 0 Å². The Morgan fingerprint density at radius 2 is 1.92 bits per heavy atom. The van der Waals surface area contributed by atoms with Gasteiger partial charge in [-0.15, -0.1) is 0 Å². The molecule has 1 atom stereocenters. The Hall–Kier alpha value is -2.68. The summed E-state index contributed by atoms with van der Waals surface area (Å²) in [5.41, 5.74) is 3.21. The maximum absolute atomic E-state index is 12.9. The molecule has 0 spiro atoms. The first-order valence-electron chi connectivity index (χ1n) is 8.32. The summed E-state index contributed by atoms with van der Waals surface area (Å²) in [6.07, 6.45) is 6.15. The minimum atomic E-state index is -0.0897. The van der Waals surface area contributed by atoms with Gasteiger partial charge in [0.1, 0.15) is 5.84 Å². The molecule has 0 N–H and O–H groups in total. The van der Waals surface area contributed by atoms with Crippen molar-refractivity contribution in [2.24, 2.45) is 10.9 Å². The number of carbonyl (C=O) groups excluding carboxylic acids is 1. The fraction of sp³-hybridized carbons (Fsp3) is 0.238. The average molecular weight is 316 g/mol. The fourth-order valence-corrected chi connectivity index (χ4v) is 3.33. The van der Waals surface area contributed by atoms with Crippen LogP contribution in [0.25, 0.3) is 10.8 Å². The zero-order valence-electron chi connectivity index (χ0n) is 14.0. The van der Waals surface area contributed by atoms with Crippen LogP contribution in [0.1, 0.15) is 22.8 Å². The molecule has 120 valence electrons. The maximum atomic E-state index is 12.9. The van der Waals surface area contributed by atoms with Gasteiger partial charge < -0.3 is 4.90 Å². The van der Waals surface area contributed by atoms with E-state index in [2.05, 4.69) is 54.1 Å². The van der Waals surface area contributed by atoms with Gasteiger partial charge in [0.15, 0.2) is 5.78 Å². The topological polar surface area (TPSA) is 32.7 Å². The number of fused-ring (bicyclic) bond motifs is 2. The lowest BCUT2D eigenvalue weighted by atomic mass is 9.93. The molecule has 24 heavy (non-hydrogen) atoms. The van der Waals surface area contributed by atoms with E-state index in [9.17, 15) is 4.79 Å². The smallest absolute Gasteiger partial charge is 0.169 e. The maximum Gasteiger partial charge on any atom is 0.169 e. The van der Waals surface area contributed by atoms with Crippen LogP contribution in [0.15, 0.2) is 65.3 Å². The quantitative estimate of drug-likeness (QED) is 0.780. The van der Waals surface area contributed by atoms with Crippen LogP contribution in [-0.4, -0.2) is 29.6 Å². The van der Waals surface area contributed by atoms with Gasteiger partial charge in [-0.1, -0.05) is 35.9 Å². The molecule has 0 saturated heterocycles. The molecule has 3 heteroatoms. The van der Waals surface area contributed by atoms with Gasteiger partial charge in [0.2, 0.25) is 0 Å². The van der Waals surface area contributed by atoms with E-state index >= 15 is 0 Å². The Morgan fingerprint density at radius 1 is 1.12 bits per heavy atom. The van der Waals surface area contributed by atoms with Crippen molar-refractivity contribution >= 4 is 22.4 Å². The van der Waals surface area contributed by atoms with Crippen molar-refractivity contribution < 1.29 is 4.79 Å². The van der Waals surface area contributed by atoms with E-state index < -0.39 is 0 Å². The van der Waals surface area contributed by atoms with Crippen molar-refractivity contribution in [1.29, 1.82) is 0 Å². The van der Waals surface area contributed by atoms with Crippen LogP contribution in [0.3, 0.4) is 0 Å². The van der Waals surface area contributed by atoms with Crippen LogP contribution >= 0.6 is 0 Å². The molecular weight excluding hydrogens is 296 g/mol. The summed E-state index contributed by atoms with van der Waals surface area (Å²) in [5.74, 6) is 1.06. The SMILES string of the molecule is CC1=CC2=NCC(C(=O)c3ccc4cc(C)ccc4c3)CN2C=C1. The van der Waals surface area contributed by atoms with Gasteiger partial charge in [0.25, 0.3) is 0 Å². The molecule has 2 aromatic carbocycles. The van der Waals surface area contributed by atoms with Crippen LogP contribution < -0.4 is 0 Å². The van der Waals surface area contributed by atoms with Crippen LogP contribution in [0, 0.1) is 12.8 Å². The highest BCUT2D eigenvalue weighted by molar-refractivity contribution is 6.03. The largest absolute Gasteiger partial charge is 0.333 e. The summed E-state index contributed by atoms with van der Waals surface area (Å²) >= 11 is 0. The van der Waals surface area contributed by atoms with E-state index in [1.807, 2.05) is 24.4 Å². The van der Waals surface area contributed by atoms with Gasteiger partial charge in [-0.3, -0.25) is 9.79 Å². The van der Waals surface area contributed by atoms with Crippen molar-refractivity contribution in [3.63, 3.8) is 0 Å². The summed E-state index contributed by atoms with van der Waals surface area (Å²) in [5, 5.41) is 2.29. The second-order valence-electron chi connectivity index (χ2n) is 6.68. The number of ketones is 1. The summed E-state index contributed by atoms with van der Waals surface area (Å²) in [6.45, 7) is 5.40. The zero-order valence-corrected chi connectivity index (χ0v) is 14.0. The number of benzene rings is 2. The van der Waals surface area contributed by atoms with Crippen molar-refractivity contribution in [3.05, 3.63) is 71.5 Å². The molecule has 0 bridgehead atoms. The molecule has 0 radical (unpaired) electrons. The average Bonchev–Trinajstić information content (AvgIpc) is 2.60. The van der Waals surface area contributed by atoms with Gasteiger partial charge in [0.05, 0.1) is 12.5 Å². The highest BCUT2D eigenvalue weighted by Gasteiger charge is 2.27. The molecule has 0 amide bonds. The van der Waals surface area contributed by atoms with E-state index in [0.717, 1.165) is 16.8 Å². The Balaban J connectivity index is 1.60. The fourth-order valence-electron chi connectivity index (χ4n) is 3.33. The van der Waals surface area contributed by atoms with Crippen molar-refractivity contribution in [2.45, 2.75) is 13.8 Å². The third kappa shape index (κ3) is 2.67. The minimum Gasteiger partial charge on any atom is -0.333 e. The first-order chi connectivity index (χ1) is 11.6. The Labute approximate surface area is 142 Å². The Bertz CT molecular complexity index is 921. The van der Waals surface area contributed by atoms with Gasteiger partial charge in [0, 0.05) is 18.3 Å². The molecule has 0 fully saturated rings. The number of amidine groups is 1. The number of carbonyl (C=O) groups is 1. The van der Waals surface area contributed by atoms with Crippen molar-refractivity contribution in [1.82, 2.24) is 4.90 Å². The molecule has 3 nitrogen and oxygen atoms in total. The van der Waals surface area contributed by atoms with Crippen LogP contribution in [0.5, 0.6) is 0 Å². The van der Waals surface area contributed by atoms with E-state index in [0.29, 0.717) is 13.1 Å². The van der Waals surface area contributed by atoms with Gasteiger partial charge in [-0.05, 0) is 48.4 Å². The molecule has 0 saturated carbocycles. The second kappa shape index (κ2) is 5.75. The predicted octanol–water partition coefficient (Wildman–Crippen LogP) is 4.13. The number of allylic oxidation sites excluding steroid dienone is 2. The number of aryl methyl sites for hydroxylation is 1. The van der Waals surface area contributed by atoms with Crippen molar-refractivity contribution in [2.75, 3.05) is 13.1 Å². The summed E-state index contributed by atoms with van der Waals surface area (Å²) in [4.78, 5) is 19.6. The summed E-state index contributed by atoms with van der Waals surface area (Å²) in [6, 6.07) is 12.3. The molecule has 2 heterocycles. The predicted molar refractivity (Wildman–Crippen MR) is 98.4 cm³/mol. The summed E-state index contributed by atoms with van der Waals surface area (Å²) in [7, 11) is 0. The number of hydrogen-bond donors (Lipinski definition) is 0. The molecule has 2 aliphatic heterocycles. The van der Waals surface area contributed by atoms with E-state index in [-0.39, 0.29) is 11.7 Å². The van der Waals surface area contributed by atoms with Crippen molar-refractivity contribution in [3.8, 4) is 0 Å². The lowest BCUT2D eigenvalue weighted by molar-refractivity contribution is 0.0909. The molecule has 0 aromatic heterocycles. The first kappa shape index (κ1) is 14.9. The Kier molecular flexibility index (Phi) is 3.57. The number of rotatable bonds is 2. The first-order valence-corrected chi connectivity index (χ1v) is 8.32. The molecule has 4 rings (SSSR count). The highest BCUT2D eigenvalue weighted by atomic mass is 16.1. The standard InChI is InChI=1S/C21H20N2O/c1-14-3-4-17-11-18(6-5-16(17)9-14)21(24)19-12-22-20-10-15(2)7-8-23(20)13-19/h3-11,19H,12-13H2,1-2H3. The third-order valence-electron chi connectivity index (χ3n) is 4.71. The zero-order chi connectivity index (χ0) is 16.7. The minimum absolute atomic E-state index is 0.0897. The normalized spacial score (nSPS) is 19.8. The molecule has 1 unspecified atom stereocenters. The molecule has 2 aromatic rings. The molecule has 2 aliphatic rings. The monoisotopic (exact) mass is 316 g/mol. The lowest BCUT2D eigenvalue weighted by Gasteiger charge is -2.31. The van der Waals surface area contributed by atoms with Crippen LogP contribution in [-0.2, 0) is 0 Å². The highest BCUT2D eigenvalue weighted by Crippen LogP contribution is 2.23. The Morgan fingerprint density at radius 3 is 2.79 bits per heavy atom. The van der Waals surface area contributed by atoms with Crippen LogP contribution in [0.2, 0.25) is 0 Å². The van der Waals surface area contributed by atoms with Gasteiger partial charge >= 0.3 is 0 Å². The lowest BCUT2D eigenvalue weighted by Crippen LogP contribution is -2.40. The summed E-state index contributed by atoms with van der Waals surface area (Å²) < 4.78 is 0. The number of nitrogens with zero attached hydrogens (tertiary/aromatic N) is 2.